The summed E-state index contributed by atoms with van der Waals surface area (Å²) in [5.41, 5.74) is 0.129. The van der Waals surface area contributed by atoms with Gasteiger partial charge in [-0.3, -0.25) is 0 Å². The maximum Gasteiger partial charge on any atom is 0.0976 e. The van der Waals surface area contributed by atoms with Crippen LogP contribution >= 0.6 is 11.6 Å². The van der Waals surface area contributed by atoms with Crippen LogP contribution in [0.5, 0.6) is 0 Å². The zero-order chi connectivity index (χ0) is 12.3. The Morgan fingerprint density at radius 1 is 1.29 bits per heavy atom. The third kappa shape index (κ3) is 2.46. The first-order valence-electron chi connectivity index (χ1n) is 6.03. The standard InChI is InChI=1S/C14H16ClNO/c15-12-6-4-5-11(9-12)13(17)14(10-16)7-2-1-3-8-14/h4-6,9,13,17H,1-3,7-8H2. The summed E-state index contributed by atoms with van der Waals surface area (Å²) in [5, 5.41) is 20.4. The lowest BCUT2D eigenvalue weighted by molar-refractivity contribution is 0.0360. The van der Waals surface area contributed by atoms with E-state index in [4.69, 9.17) is 11.6 Å². The molecule has 1 saturated carbocycles. The van der Waals surface area contributed by atoms with Crippen molar-refractivity contribution in [3.05, 3.63) is 34.9 Å². The molecule has 1 N–H and O–H groups in total. The molecule has 2 rings (SSSR count). The lowest BCUT2D eigenvalue weighted by Gasteiger charge is -2.35. The molecule has 1 unspecified atom stereocenters. The molecule has 0 spiro atoms. The maximum absolute atomic E-state index is 10.4. The number of nitriles is 1. The van der Waals surface area contributed by atoms with Crippen molar-refractivity contribution in [3.8, 4) is 6.07 Å². The summed E-state index contributed by atoms with van der Waals surface area (Å²) >= 11 is 5.92. The minimum Gasteiger partial charge on any atom is -0.387 e. The van der Waals surface area contributed by atoms with Gasteiger partial charge in [-0.05, 0) is 30.5 Å². The largest absolute Gasteiger partial charge is 0.387 e. The van der Waals surface area contributed by atoms with Crippen LogP contribution in [0.25, 0.3) is 0 Å². The molecule has 1 atom stereocenters. The molecule has 0 saturated heterocycles. The van der Waals surface area contributed by atoms with Crippen LogP contribution in [-0.4, -0.2) is 5.11 Å². The number of rotatable bonds is 2. The highest BCUT2D eigenvalue weighted by Gasteiger charge is 2.40. The molecular weight excluding hydrogens is 234 g/mol. The molecule has 1 aliphatic rings. The van der Waals surface area contributed by atoms with E-state index in [1.165, 1.54) is 0 Å². The van der Waals surface area contributed by atoms with Crippen molar-refractivity contribution < 1.29 is 5.11 Å². The van der Waals surface area contributed by atoms with Crippen molar-refractivity contribution in [2.75, 3.05) is 0 Å². The Morgan fingerprint density at radius 3 is 2.59 bits per heavy atom. The van der Waals surface area contributed by atoms with Gasteiger partial charge in [-0.25, -0.2) is 0 Å². The smallest absolute Gasteiger partial charge is 0.0976 e. The number of hydrogen-bond acceptors (Lipinski definition) is 2. The van der Waals surface area contributed by atoms with E-state index >= 15 is 0 Å². The van der Waals surface area contributed by atoms with E-state index in [1.54, 1.807) is 12.1 Å². The maximum atomic E-state index is 10.4. The Kier molecular flexibility index (Phi) is 3.71. The molecule has 1 aromatic rings. The van der Waals surface area contributed by atoms with Gasteiger partial charge >= 0.3 is 0 Å². The third-order valence-electron chi connectivity index (χ3n) is 3.66. The summed E-state index contributed by atoms with van der Waals surface area (Å²) in [4.78, 5) is 0. The molecule has 90 valence electrons. The number of aliphatic hydroxyl groups is 1. The van der Waals surface area contributed by atoms with E-state index < -0.39 is 11.5 Å². The fourth-order valence-electron chi connectivity index (χ4n) is 2.62. The molecule has 0 heterocycles. The molecule has 1 aromatic carbocycles. The van der Waals surface area contributed by atoms with Crippen LogP contribution in [0.2, 0.25) is 5.02 Å². The SMILES string of the molecule is N#CC1(C(O)c2cccc(Cl)c2)CCCCC1. The van der Waals surface area contributed by atoms with Crippen molar-refractivity contribution in [1.82, 2.24) is 0 Å². The molecular formula is C14H16ClNO. The normalized spacial score (nSPS) is 20.5. The summed E-state index contributed by atoms with van der Waals surface area (Å²) in [6.07, 6.45) is 4.02. The zero-order valence-electron chi connectivity index (χ0n) is 9.69. The second-order valence-electron chi connectivity index (χ2n) is 4.79. The highest BCUT2D eigenvalue weighted by atomic mass is 35.5. The van der Waals surface area contributed by atoms with E-state index in [-0.39, 0.29) is 0 Å². The van der Waals surface area contributed by atoms with Gasteiger partial charge in [0.25, 0.3) is 0 Å². The number of aliphatic hydroxyl groups excluding tert-OH is 1. The van der Waals surface area contributed by atoms with Crippen LogP contribution in [0.1, 0.15) is 43.8 Å². The molecule has 1 fully saturated rings. The Balaban J connectivity index is 2.29. The van der Waals surface area contributed by atoms with Crippen molar-refractivity contribution in [1.29, 1.82) is 5.26 Å². The monoisotopic (exact) mass is 249 g/mol. The van der Waals surface area contributed by atoms with Gasteiger partial charge in [-0.2, -0.15) is 5.26 Å². The first kappa shape index (κ1) is 12.4. The first-order valence-corrected chi connectivity index (χ1v) is 6.40. The Labute approximate surface area is 107 Å². The van der Waals surface area contributed by atoms with Gasteiger partial charge in [0.05, 0.1) is 17.6 Å². The molecule has 1 aliphatic carbocycles. The van der Waals surface area contributed by atoms with E-state index in [1.807, 2.05) is 12.1 Å². The lowest BCUT2D eigenvalue weighted by Crippen LogP contribution is -2.30. The predicted octanol–water partition coefficient (Wildman–Crippen LogP) is 3.85. The summed E-state index contributed by atoms with van der Waals surface area (Å²) in [6.45, 7) is 0. The van der Waals surface area contributed by atoms with Crippen LogP contribution in [-0.2, 0) is 0 Å². The highest BCUT2D eigenvalue weighted by molar-refractivity contribution is 6.30. The third-order valence-corrected chi connectivity index (χ3v) is 3.89. The Morgan fingerprint density at radius 2 is 2.00 bits per heavy atom. The summed E-state index contributed by atoms with van der Waals surface area (Å²) < 4.78 is 0. The number of nitrogens with zero attached hydrogens (tertiary/aromatic N) is 1. The van der Waals surface area contributed by atoms with E-state index in [9.17, 15) is 10.4 Å². The van der Waals surface area contributed by atoms with E-state index in [0.29, 0.717) is 5.02 Å². The van der Waals surface area contributed by atoms with Gasteiger partial charge in [0.15, 0.2) is 0 Å². The zero-order valence-corrected chi connectivity index (χ0v) is 10.5. The van der Waals surface area contributed by atoms with Gasteiger partial charge in [0.2, 0.25) is 0 Å². The van der Waals surface area contributed by atoms with Crippen LogP contribution in [0.4, 0.5) is 0 Å². The van der Waals surface area contributed by atoms with Gasteiger partial charge < -0.3 is 5.11 Å². The van der Waals surface area contributed by atoms with E-state index in [2.05, 4.69) is 6.07 Å². The van der Waals surface area contributed by atoms with E-state index in [0.717, 1.165) is 37.7 Å². The second kappa shape index (κ2) is 5.08. The minimum atomic E-state index is -0.730. The van der Waals surface area contributed by atoms with Crippen LogP contribution in [0.3, 0.4) is 0 Å². The van der Waals surface area contributed by atoms with Gasteiger partial charge in [0.1, 0.15) is 0 Å². The molecule has 0 aromatic heterocycles. The van der Waals surface area contributed by atoms with Crippen LogP contribution in [0.15, 0.2) is 24.3 Å². The van der Waals surface area contributed by atoms with Crippen LogP contribution in [0, 0.1) is 16.7 Å². The fraction of sp³-hybridized carbons (Fsp3) is 0.500. The number of halogens is 1. The minimum absolute atomic E-state index is 0.602. The number of benzene rings is 1. The second-order valence-corrected chi connectivity index (χ2v) is 5.22. The summed E-state index contributed by atoms with van der Waals surface area (Å²) in [6, 6.07) is 9.52. The van der Waals surface area contributed by atoms with Gasteiger partial charge in [0, 0.05) is 5.02 Å². The molecule has 17 heavy (non-hydrogen) atoms. The average Bonchev–Trinajstić information content (AvgIpc) is 2.38. The molecule has 0 radical (unpaired) electrons. The van der Waals surface area contributed by atoms with Gasteiger partial charge in [-0.15, -0.1) is 0 Å². The lowest BCUT2D eigenvalue weighted by atomic mass is 9.69. The Bertz CT molecular complexity index is 432. The molecule has 2 nitrogen and oxygen atoms in total. The fourth-order valence-corrected chi connectivity index (χ4v) is 2.82. The molecule has 3 heteroatoms. The van der Waals surface area contributed by atoms with Crippen molar-refractivity contribution in [2.24, 2.45) is 5.41 Å². The quantitative estimate of drug-likeness (QED) is 0.865. The molecule has 0 bridgehead atoms. The topological polar surface area (TPSA) is 44.0 Å². The summed E-state index contributed by atoms with van der Waals surface area (Å²) in [5.74, 6) is 0. The summed E-state index contributed by atoms with van der Waals surface area (Å²) in [7, 11) is 0. The van der Waals surface area contributed by atoms with Gasteiger partial charge in [-0.1, -0.05) is 43.0 Å². The van der Waals surface area contributed by atoms with Crippen molar-refractivity contribution in [3.63, 3.8) is 0 Å². The molecule has 0 aliphatic heterocycles. The van der Waals surface area contributed by atoms with Crippen molar-refractivity contribution in [2.45, 2.75) is 38.2 Å². The Hall–Kier alpha value is -1.04. The predicted molar refractivity (Wildman–Crippen MR) is 67.5 cm³/mol. The molecule has 0 amide bonds. The van der Waals surface area contributed by atoms with Crippen LogP contribution < -0.4 is 0 Å². The van der Waals surface area contributed by atoms with Crippen molar-refractivity contribution >= 4 is 11.6 Å². The number of hydrogen-bond donors (Lipinski definition) is 1. The first-order chi connectivity index (χ1) is 8.18. The highest BCUT2D eigenvalue weighted by Crippen LogP contribution is 2.45. The average molecular weight is 250 g/mol.